The van der Waals surface area contributed by atoms with E-state index >= 15 is 4.39 Å². The lowest BCUT2D eigenvalue weighted by molar-refractivity contribution is -0.117. The van der Waals surface area contributed by atoms with Gasteiger partial charge in [-0.2, -0.15) is 8.42 Å². The molecule has 2 heterocycles. The van der Waals surface area contributed by atoms with E-state index in [0.717, 1.165) is 5.39 Å². The SMILES string of the molecule is O=C1CN(c2c(O)ccc(-c3ccc4cccnc4c3)c2F)S(=O)(=O)N1. The maximum Gasteiger partial charge on any atom is 0.326 e. The molecule has 1 aliphatic rings. The van der Waals surface area contributed by atoms with Crippen molar-refractivity contribution >= 4 is 32.7 Å². The molecule has 26 heavy (non-hydrogen) atoms. The Morgan fingerprint density at radius 3 is 2.73 bits per heavy atom. The highest BCUT2D eigenvalue weighted by Gasteiger charge is 2.37. The van der Waals surface area contributed by atoms with Crippen LogP contribution in [0.25, 0.3) is 22.0 Å². The van der Waals surface area contributed by atoms with Crippen molar-refractivity contribution in [2.45, 2.75) is 0 Å². The summed E-state index contributed by atoms with van der Waals surface area (Å²) in [7, 11) is -4.25. The van der Waals surface area contributed by atoms with E-state index in [0.29, 0.717) is 15.4 Å². The minimum Gasteiger partial charge on any atom is -0.506 e. The Bertz CT molecular complexity index is 1160. The number of nitrogens with zero attached hydrogens (tertiary/aromatic N) is 2. The molecular weight excluding hydrogens is 361 g/mol. The normalized spacial score (nSPS) is 16.0. The molecule has 4 rings (SSSR count). The van der Waals surface area contributed by atoms with Gasteiger partial charge in [0.2, 0.25) is 0 Å². The number of amides is 1. The van der Waals surface area contributed by atoms with E-state index in [1.54, 1.807) is 35.2 Å². The lowest BCUT2D eigenvalue weighted by Crippen LogP contribution is -2.30. The Morgan fingerprint density at radius 2 is 2.00 bits per heavy atom. The van der Waals surface area contributed by atoms with Crippen molar-refractivity contribution in [1.82, 2.24) is 9.71 Å². The molecule has 1 fully saturated rings. The summed E-state index contributed by atoms with van der Waals surface area (Å²) < 4.78 is 41.4. The van der Waals surface area contributed by atoms with Gasteiger partial charge < -0.3 is 5.11 Å². The molecule has 0 radical (unpaired) electrons. The summed E-state index contributed by atoms with van der Waals surface area (Å²) in [5.74, 6) is -2.32. The van der Waals surface area contributed by atoms with E-state index in [4.69, 9.17) is 0 Å². The zero-order chi connectivity index (χ0) is 18.5. The highest BCUT2D eigenvalue weighted by molar-refractivity contribution is 7.92. The average molecular weight is 373 g/mol. The van der Waals surface area contributed by atoms with Crippen LogP contribution < -0.4 is 9.03 Å². The number of aromatic nitrogens is 1. The predicted molar refractivity (Wildman–Crippen MR) is 93.2 cm³/mol. The fourth-order valence-corrected chi connectivity index (χ4v) is 4.06. The average Bonchev–Trinajstić information content (AvgIpc) is 2.87. The Balaban J connectivity index is 1.90. The number of anilines is 1. The third kappa shape index (κ3) is 2.53. The maximum absolute atomic E-state index is 15.1. The number of pyridine rings is 1. The van der Waals surface area contributed by atoms with Crippen molar-refractivity contribution in [2.75, 3.05) is 10.8 Å². The number of phenolic OH excluding ortho intramolecular Hbond substituents is 1. The second kappa shape index (κ2) is 5.67. The number of fused-ring (bicyclic) bond motifs is 1. The van der Waals surface area contributed by atoms with Crippen LogP contribution in [0.2, 0.25) is 0 Å². The molecule has 9 heteroatoms. The monoisotopic (exact) mass is 373 g/mol. The summed E-state index contributed by atoms with van der Waals surface area (Å²) >= 11 is 0. The van der Waals surface area contributed by atoms with Crippen molar-refractivity contribution in [3.8, 4) is 16.9 Å². The second-order valence-electron chi connectivity index (χ2n) is 5.74. The van der Waals surface area contributed by atoms with Crippen molar-refractivity contribution in [3.05, 3.63) is 54.5 Å². The minimum absolute atomic E-state index is 0.0832. The van der Waals surface area contributed by atoms with Gasteiger partial charge in [-0.3, -0.25) is 9.78 Å². The number of hydrogen-bond donors (Lipinski definition) is 2. The summed E-state index contributed by atoms with van der Waals surface area (Å²) in [4.78, 5) is 15.6. The van der Waals surface area contributed by atoms with Gasteiger partial charge in [0.05, 0.1) is 5.52 Å². The Kier molecular flexibility index (Phi) is 3.55. The molecule has 0 atom stereocenters. The number of phenols is 1. The lowest BCUT2D eigenvalue weighted by atomic mass is 10.0. The van der Waals surface area contributed by atoms with Crippen LogP contribution >= 0.6 is 0 Å². The van der Waals surface area contributed by atoms with Crippen LogP contribution in [-0.4, -0.2) is 31.0 Å². The standard InChI is InChI=1S/C17H12FN3O4S/c18-16-12(11-4-3-10-2-1-7-19-13(10)8-11)5-6-14(22)17(16)21-9-15(23)20-26(21,24)25/h1-8,22H,9H2,(H,20,23). The van der Waals surface area contributed by atoms with Crippen molar-refractivity contribution in [3.63, 3.8) is 0 Å². The molecule has 1 aliphatic heterocycles. The third-order valence-electron chi connectivity index (χ3n) is 4.08. The van der Waals surface area contributed by atoms with Gasteiger partial charge in [0.25, 0.3) is 5.91 Å². The highest BCUT2D eigenvalue weighted by atomic mass is 32.2. The molecule has 3 aromatic rings. The molecular formula is C17H12FN3O4S. The number of aromatic hydroxyl groups is 1. The fraction of sp³-hybridized carbons (Fsp3) is 0.0588. The fourth-order valence-electron chi connectivity index (χ4n) is 2.89. The second-order valence-corrected chi connectivity index (χ2v) is 7.34. The molecule has 132 valence electrons. The zero-order valence-electron chi connectivity index (χ0n) is 13.2. The van der Waals surface area contributed by atoms with Crippen LogP contribution in [0.15, 0.2) is 48.7 Å². The number of carbonyl (C=O) groups excluding carboxylic acids is 1. The minimum atomic E-state index is -4.25. The van der Waals surface area contributed by atoms with Crippen LogP contribution in [0.1, 0.15) is 0 Å². The summed E-state index contributed by atoms with van der Waals surface area (Å²) in [6, 6.07) is 11.3. The van der Waals surface area contributed by atoms with E-state index in [-0.39, 0.29) is 5.56 Å². The summed E-state index contributed by atoms with van der Waals surface area (Å²) in [6.07, 6.45) is 1.61. The van der Waals surface area contributed by atoms with Gasteiger partial charge in [0, 0.05) is 17.1 Å². The molecule has 2 aromatic carbocycles. The molecule has 7 nitrogen and oxygen atoms in total. The van der Waals surface area contributed by atoms with Crippen LogP contribution in [-0.2, 0) is 15.0 Å². The van der Waals surface area contributed by atoms with Crippen LogP contribution in [0.4, 0.5) is 10.1 Å². The maximum atomic E-state index is 15.1. The number of carbonyl (C=O) groups is 1. The smallest absolute Gasteiger partial charge is 0.326 e. The van der Waals surface area contributed by atoms with Crippen molar-refractivity contribution < 1.29 is 22.7 Å². The Hall–Kier alpha value is -3.20. The predicted octanol–water partition coefficient (Wildman–Crippen LogP) is 1.93. The van der Waals surface area contributed by atoms with Crippen LogP contribution in [0.5, 0.6) is 5.75 Å². The van der Waals surface area contributed by atoms with E-state index in [1.165, 1.54) is 12.1 Å². The molecule has 1 amide bonds. The first-order chi connectivity index (χ1) is 12.4. The van der Waals surface area contributed by atoms with Gasteiger partial charge in [-0.1, -0.05) is 18.2 Å². The first kappa shape index (κ1) is 16.3. The summed E-state index contributed by atoms with van der Waals surface area (Å²) in [6.45, 7) is -0.602. The zero-order valence-corrected chi connectivity index (χ0v) is 14.0. The molecule has 0 saturated carbocycles. The molecule has 2 N–H and O–H groups in total. The number of hydrogen-bond acceptors (Lipinski definition) is 5. The van der Waals surface area contributed by atoms with Gasteiger partial charge in [0.1, 0.15) is 18.0 Å². The van der Waals surface area contributed by atoms with E-state index in [1.807, 2.05) is 6.07 Å². The molecule has 1 saturated heterocycles. The van der Waals surface area contributed by atoms with Crippen molar-refractivity contribution in [1.29, 1.82) is 0 Å². The lowest BCUT2D eigenvalue weighted by Gasteiger charge is -2.18. The third-order valence-corrected chi connectivity index (χ3v) is 5.46. The topological polar surface area (TPSA) is 99.6 Å². The highest BCUT2D eigenvalue weighted by Crippen LogP contribution is 2.39. The molecule has 1 aromatic heterocycles. The molecule has 0 unspecified atom stereocenters. The number of halogens is 1. The van der Waals surface area contributed by atoms with Gasteiger partial charge in [-0.15, -0.1) is 0 Å². The Morgan fingerprint density at radius 1 is 1.19 bits per heavy atom. The van der Waals surface area contributed by atoms with E-state index in [2.05, 4.69) is 4.98 Å². The van der Waals surface area contributed by atoms with Crippen LogP contribution in [0, 0.1) is 5.82 Å². The summed E-state index contributed by atoms with van der Waals surface area (Å²) in [5.41, 5.74) is 0.623. The van der Waals surface area contributed by atoms with Crippen molar-refractivity contribution in [2.24, 2.45) is 0 Å². The number of nitrogens with one attached hydrogen (secondary N) is 1. The molecule has 0 spiro atoms. The van der Waals surface area contributed by atoms with Gasteiger partial charge >= 0.3 is 10.2 Å². The van der Waals surface area contributed by atoms with Gasteiger partial charge in [-0.05, 0) is 29.8 Å². The van der Waals surface area contributed by atoms with E-state index in [9.17, 15) is 18.3 Å². The molecule has 0 bridgehead atoms. The largest absolute Gasteiger partial charge is 0.506 e. The quantitative estimate of drug-likeness (QED) is 0.715. The number of rotatable bonds is 2. The van der Waals surface area contributed by atoms with E-state index < -0.39 is 39.9 Å². The van der Waals surface area contributed by atoms with Gasteiger partial charge in [0.15, 0.2) is 5.82 Å². The molecule has 0 aliphatic carbocycles. The van der Waals surface area contributed by atoms with Gasteiger partial charge in [-0.25, -0.2) is 13.4 Å². The Labute approximate surface area is 147 Å². The number of benzene rings is 2. The van der Waals surface area contributed by atoms with Crippen LogP contribution in [0.3, 0.4) is 0 Å². The first-order valence-electron chi connectivity index (χ1n) is 7.57. The summed E-state index contributed by atoms with van der Waals surface area (Å²) in [5, 5.41) is 10.9. The first-order valence-corrected chi connectivity index (χ1v) is 9.01.